The van der Waals surface area contributed by atoms with Gasteiger partial charge in [0.1, 0.15) is 11.9 Å². The minimum absolute atomic E-state index is 0.0304. The van der Waals surface area contributed by atoms with Crippen LogP contribution in [0.2, 0.25) is 0 Å². The molecule has 154 valence electrons. The maximum Gasteiger partial charge on any atom is 0.320 e. The van der Waals surface area contributed by atoms with Crippen LogP contribution in [-0.4, -0.2) is 31.9 Å². The van der Waals surface area contributed by atoms with Crippen LogP contribution in [0.5, 0.6) is 5.75 Å². The van der Waals surface area contributed by atoms with Crippen LogP contribution in [0.15, 0.2) is 61.1 Å². The van der Waals surface area contributed by atoms with E-state index in [2.05, 4.69) is 63.4 Å². The van der Waals surface area contributed by atoms with Crippen molar-refractivity contribution in [3.63, 3.8) is 0 Å². The number of carbonyl (C=O) groups is 1. The molecule has 12 heteroatoms. The Morgan fingerprint density at radius 1 is 1.27 bits per heavy atom. The molecule has 0 spiro atoms. The average molecular weight is 602 g/mol. The van der Waals surface area contributed by atoms with E-state index in [-0.39, 0.29) is 18.0 Å². The number of aromatic nitrogens is 2. The molecule has 0 saturated heterocycles. The number of hydrogen-bond donors (Lipinski definition) is 2. The van der Waals surface area contributed by atoms with Gasteiger partial charge in [-0.2, -0.15) is 10.2 Å². The van der Waals surface area contributed by atoms with E-state index in [0.29, 0.717) is 14.5 Å². The number of carbonyl (C=O) groups excluding carboxylic acids is 1. The Hall–Kier alpha value is -2.57. The second-order valence-corrected chi connectivity index (χ2v) is 8.60. The summed E-state index contributed by atoms with van der Waals surface area (Å²) >= 11 is 9.75. The highest BCUT2D eigenvalue weighted by molar-refractivity contribution is 9.11. The van der Waals surface area contributed by atoms with E-state index in [0.717, 1.165) is 10.0 Å². The number of halogens is 3. The molecule has 0 fully saturated rings. The van der Waals surface area contributed by atoms with Crippen LogP contribution in [0.25, 0.3) is 0 Å². The Morgan fingerprint density at radius 3 is 2.60 bits per heavy atom. The molecule has 3 aromatic rings. The van der Waals surface area contributed by atoms with Crippen LogP contribution in [0, 0.1) is 10.1 Å². The summed E-state index contributed by atoms with van der Waals surface area (Å²) in [6, 6.07) is 10.6. The number of benzene rings is 2. The summed E-state index contributed by atoms with van der Waals surface area (Å²) in [5.41, 5.74) is 2.89. The Bertz CT molecular complexity index is 1140. The van der Waals surface area contributed by atoms with Crippen molar-refractivity contribution in [1.82, 2.24) is 15.2 Å². The predicted octanol–water partition coefficient (Wildman–Crippen LogP) is 4.60. The zero-order valence-electron chi connectivity index (χ0n) is 14.9. The topological polar surface area (TPSA) is 123 Å². The first-order chi connectivity index (χ1) is 14.2. The van der Waals surface area contributed by atoms with Crippen LogP contribution >= 0.6 is 47.8 Å². The minimum Gasteiger partial charge on any atom is -0.506 e. The predicted molar refractivity (Wildman–Crippen MR) is 121 cm³/mol. The number of nitrogens with one attached hydrogen (secondary N) is 1. The molecule has 3 rings (SSSR count). The van der Waals surface area contributed by atoms with E-state index in [1.54, 1.807) is 12.1 Å². The fourth-order valence-corrected chi connectivity index (χ4v) is 4.16. The molecule has 1 heterocycles. The highest BCUT2D eigenvalue weighted by atomic mass is 79.9. The molecule has 2 N–H and O–H groups in total. The van der Waals surface area contributed by atoms with E-state index < -0.39 is 16.5 Å². The molecule has 0 aliphatic carbocycles. The molecule has 1 amide bonds. The number of rotatable bonds is 6. The third-order valence-electron chi connectivity index (χ3n) is 3.81. The van der Waals surface area contributed by atoms with Crippen LogP contribution in [-0.2, 0) is 6.54 Å². The lowest BCUT2D eigenvalue weighted by Crippen LogP contribution is -2.19. The number of hydrazone groups is 1. The molecule has 9 nitrogen and oxygen atoms in total. The molecule has 0 aliphatic rings. The van der Waals surface area contributed by atoms with Crippen LogP contribution in [0.1, 0.15) is 21.6 Å². The number of nitrogens with zero attached hydrogens (tertiary/aromatic N) is 4. The molecule has 30 heavy (non-hydrogen) atoms. The quantitative estimate of drug-likeness (QED) is 0.243. The van der Waals surface area contributed by atoms with Gasteiger partial charge in [-0.25, -0.2) is 5.43 Å². The molecule has 0 aliphatic heterocycles. The van der Waals surface area contributed by atoms with Gasteiger partial charge >= 0.3 is 5.69 Å². The summed E-state index contributed by atoms with van der Waals surface area (Å²) in [6.45, 7) is 0.256. The lowest BCUT2D eigenvalue weighted by molar-refractivity contribution is -0.385. The highest BCUT2D eigenvalue weighted by Gasteiger charge is 2.25. The number of phenolic OH excluding ortho intramolecular Hbond substituents is 1. The average Bonchev–Trinajstić information content (AvgIpc) is 3.10. The van der Waals surface area contributed by atoms with Crippen LogP contribution < -0.4 is 5.43 Å². The zero-order chi connectivity index (χ0) is 21.8. The van der Waals surface area contributed by atoms with Crippen molar-refractivity contribution in [2.45, 2.75) is 6.54 Å². The zero-order valence-corrected chi connectivity index (χ0v) is 19.7. The number of aromatic hydroxyl groups is 1. The van der Waals surface area contributed by atoms with Crippen molar-refractivity contribution in [2.24, 2.45) is 5.10 Å². The highest BCUT2D eigenvalue weighted by Crippen LogP contribution is 2.32. The minimum atomic E-state index is -0.817. The first-order valence-corrected chi connectivity index (χ1v) is 10.6. The second-order valence-electron chi connectivity index (χ2n) is 5.98. The SMILES string of the molecule is O=C(NN=Cc1cc(Br)c(O)c(Br)c1)c1nn(Cc2cccc(Br)c2)cc1[N+](=O)[O-]. The van der Waals surface area contributed by atoms with Gasteiger partial charge in [-0.3, -0.25) is 19.6 Å². The summed E-state index contributed by atoms with van der Waals surface area (Å²) in [4.78, 5) is 23.1. The number of nitro groups is 1. The van der Waals surface area contributed by atoms with Crippen molar-refractivity contribution < 1.29 is 14.8 Å². The van der Waals surface area contributed by atoms with Gasteiger partial charge in [-0.1, -0.05) is 28.1 Å². The van der Waals surface area contributed by atoms with Crippen molar-refractivity contribution in [3.05, 3.63) is 82.9 Å². The van der Waals surface area contributed by atoms with Gasteiger partial charge in [-0.15, -0.1) is 0 Å². The van der Waals surface area contributed by atoms with Crippen molar-refractivity contribution >= 4 is 65.6 Å². The van der Waals surface area contributed by atoms with Crippen molar-refractivity contribution in [1.29, 1.82) is 0 Å². The van der Waals surface area contributed by atoms with Gasteiger partial charge in [0.25, 0.3) is 5.91 Å². The summed E-state index contributed by atoms with van der Waals surface area (Å²) in [7, 11) is 0. The number of phenols is 1. The molecular weight excluding hydrogens is 590 g/mol. The first kappa shape index (κ1) is 22.1. The summed E-state index contributed by atoms with van der Waals surface area (Å²) in [5.74, 6) is -0.786. The molecule has 0 bridgehead atoms. The molecule has 0 radical (unpaired) electrons. The molecule has 0 unspecified atom stereocenters. The van der Waals surface area contributed by atoms with E-state index in [4.69, 9.17) is 0 Å². The maximum absolute atomic E-state index is 12.4. The number of hydrogen-bond acceptors (Lipinski definition) is 6. The fourth-order valence-electron chi connectivity index (χ4n) is 2.49. The van der Waals surface area contributed by atoms with Crippen molar-refractivity contribution in [3.8, 4) is 5.75 Å². The lowest BCUT2D eigenvalue weighted by atomic mass is 10.2. The third-order valence-corrected chi connectivity index (χ3v) is 5.51. The smallest absolute Gasteiger partial charge is 0.320 e. The van der Waals surface area contributed by atoms with Gasteiger partial charge in [0.05, 0.1) is 26.6 Å². The van der Waals surface area contributed by atoms with E-state index in [9.17, 15) is 20.0 Å². The van der Waals surface area contributed by atoms with Gasteiger partial charge in [0.15, 0.2) is 0 Å². The normalized spacial score (nSPS) is 11.0. The Labute approximate surface area is 195 Å². The Morgan fingerprint density at radius 2 is 1.97 bits per heavy atom. The monoisotopic (exact) mass is 599 g/mol. The second kappa shape index (κ2) is 9.49. The van der Waals surface area contributed by atoms with E-state index >= 15 is 0 Å². The lowest BCUT2D eigenvalue weighted by Gasteiger charge is -2.02. The summed E-state index contributed by atoms with van der Waals surface area (Å²) < 4.78 is 3.06. The molecule has 2 aromatic carbocycles. The first-order valence-electron chi connectivity index (χ1n) is 8.22. The standard InChI is InChI=1S/C18H12Br3N5O4/c19-12-3-1-2-10(4-12)8-25-9-15(26(29)30)16(24-25)18(28)23-22-7-11-5-13(20)17(27)14(21)6-11/h1-7,9,27H,8H2,(H,23,28). The largest absolute Gasteiger partial charge is 0.506 e. The van der Waals surface area contributed by atoms with Crippen LogP contribution in [0.4, 0.5) is 5.69 Å². The molecule has 1 aromatic heterocycles. The third kappa shape index (κ3) is 5.32. The fraction of sp³-hybridized carbons (Fsp3) is 0.0556. The van der Waals surface area contributed by atoms with E-state index in [1.807, 2.05) is 24.3 Å². The van der Waals surface area contributed by atoms with Gasteiger partial charge in [0, 0.05) is 4.47 Å². The van der Waals surface area contributed by atoms with Gasteiger partial charge in [0.2, 0.25) is 5.69 Å². The van der Waals surface area contributed by atoms with Gasteiger partial charge < -0.3 is 5.11 Å². The molecule has 0 atom stereocenters. The number of amides is 1. The van der Waals surface area contributed by atoms with Crippen molar-refractivity contribution in [2.75, 3.05) is 0 Å². The molecule has 0 saturated carbocycles. The summed E-state index contributed by atoms with van der Waals surface area (Å²) in [6.07, 6.45) is 2.53. The Balaban J connectivity index is 1.78. The Kier molecular flexibility index (Phi) is 7.00. The van der Waals surface area contributed by atoms with Crippen LogP contribution in [0.3, 0.4) is 0 Å². The summed E-state index contributed by atoms with van der Waals surface area (Å²) in [5, 5.41) is 28.9. The maximum atomic E-state index is 12.4. The van der Waals surface area contributed by atoms with Gasteiger partial charge in [-0.05, 0) is 67.3 Å². The molecular formula is C18H12Br3N5O4. The van der Waals surface area contributed by atoms with E-state index in [1.165, 1.54) is 17.1 Å².